The first kappa shape index (κ1) is 15.2. The number of ether oxygens (including phenoxy) is 3. The number of carbonyl (C=O) groups excluding carboxylic acids is 1. The molecule has 0 radical (unpaired) electrons. The maximum Gasteiger partial charge on any atom is 0.243 e. The molecular weight excluding hydrogens is 270 g/mol. The average molecular weight is 291 g/mol. The Morgan fingerprint density at radius 1 is 1.38 bits per heavy atom. The summed E-state index contributed by atoms with van der Waals surface area (Å²) >= 11 is 0. The molecule has 1 aliphatic heterocycles. The zero-order chi connectivity index (χ0) is 15.1. The van der Waals surface area contributed by atoms with E-state index in [0.29, 0.717) is 37.0 Å². The van der Waals surface area contributed by atoms with Crippen LogP contribution in [0.25, 0.3) is 6.08 Å². The fraction of sp³-hybridized carbons (Fsp3) is 0.438. The van der Waals surface area contributed by atoms with Crippen LogP contribution < -0.4 is 19.5 Å². The number of amides is 1. The molecule has 114 valence electrons. The van der Waals surface area contributed by atoms with Crippen molar-refractivity contribution in [1.29, 1.82) is 0 Å². The number of unbranched alkanes of at least 4 members (excludes halogenated alkanes) is 1. The molecule has 0 bridgehead atoms. The molecule has 0 saturated heterocycles. The van der Waals surface area contributed by atoms with Gasteiger partial charge in [-0.25, -0.2) is 0 Å². The molecule has 1 aliphatic rings. The highest BCUT2D eigenvalue weighted by atomic mass is 16.6. The summed E-state index contributed by atoms with van der Waals surface area (Å²) < 4.78 is 16.4. The van der Waals surface area contributed by atoms with Crippen molar-refractivity contribution in [1.82, 2.24) is 5.32 Å². The van der Waals surface area contributed by atoms with E-state index >= 15 is 0 Å². The van der Waals surface area contributed by atoms with Crippen LogP contribution in [-0.2, 0) is 4.79 Å². The maximum atomic E-state index is 11.6. The Morgan fingerprint density at radius 3 is 2.95 bits per heavy atom. The molecule has 21 heavy (non-hydrogen) atoms. The third-order valence-electron chi connectivity index (χ3n) is 3.11. The van der Waals surface area contributed by atoms with Gasteiger partial charge < -0.3 is 19.5 Å². The van der Waals surface area contributed by atoms with Crippen LogP contribution in [0.2, 0.25) is 0 Å². The summed E-state index contributed by atoms with van der Waals surface area (Å²) in [5, 5.41) is 2.83. The molecule has 0 aliphatic carbocycles. The van der Waals surface area contributed by atoms with E-state index in [9.17, 15) is 4.79 Å². The number of hydrogen-bond donors (Lipinski definition) is 1. The van der Waals surface area contributed by atoms with Gasteiger partial charge in [-0.05, 0) is 30.2 Å². The van der Waals surface area contributed by atoms with Crippen LogP contribution in [0.15, 0.2) is 18.2 Å². The zero-order valence-electron chi connectivity index (χ0n) is 12.5. The van der Waals surface area contributed by atoms with Gasteiger partial charge in [0.2, 0.25) is 11.7 Å². The van der Waals surface area contributed by atoms with Crippen molar-refractivity contribution in [3.05, 3.63) is 23.8 Å². The van der Waals surface area contributed by atoms with Crippen LogP contribution in [0, 0.1) is 0 Å². The summed E-state index contributed by atoms with van der Waals surface area (Å²) in [6, 6.07) is 3.66. The zero-order valence-corrected chi connectivity index (χ0v) is 12.5. The molecule has 1 aromatic rings. The number of benzene rings is 1. The second-order valence-corrected chi connectivity index (χ2v) is 4.73. The van der Waals surface area contributed by atoms with Crippen LogP contribution in [0.4, 0.5) is 0 Å². The van der Waals surface area contributed by atoms with Gasteiger partial charge in [0.05, 0.1) is 7.11 Å². The number of hydrogen-bond acceptors (Lipinski definition) is 4. The van der Waals surface area contributed by atoms with Crippen molar-refractivity contribution in [2.75, 3.05) is 26.9 Å². The fourth-order valence-electron chi connectivity index (χ4n) is 2.01. The first-order valence-electron chi connectivity index (χ1n) is 7.18. The van der Waals surface area contributed by atoms with Gasteiger partial charge in [0.1, 0.15) is 13.2 Å². The minimum atomic E-state index is -0.0997. The molecule has 5 nitrogen and oxygen atoms in total. The lowest BCUT2D eigenvalue weighted by molar-refractivity contribution is -0.116. The molecule has 2 rings (SSSR count). The van der Waals surface area contributed by atoms with Gasteiger partial charge in [0.15, 0.2) is 11.5 Å². The van der Waals surface area contributed by atoms with E-state index in [2.05, 4.69) is 12.2 Å². The molecule has 0 saturated carbocycles. The molecule has 1 heterocycles. The second-order valence-electron chi connectivity index (χ2n) is 4.73. The van der Waals surface area contributed by atoms with Crippen LogP contribution in [-0.4, -0.2) is 32.8 Å². The predicted molar refractivity (Wildman–Crippen MR) is 80.9 cm³/mol. The molecule has 0 aromatic heterocycles. The van der Waals surface area contributed by atoms with Crippen molar-refractivity contribution >= 4 is 12.0 Å². The van der Waals surface area contributed by atoms with E-state index < -0.39 is 0 Å². The van der Waals surface area contributed by atoms with Gasteiger partial charge in [0.25, 0.3) is 0 Å². The number of nitrogens with one attached hydrogen (secondary N) is 1. The lowest BCUT2D eigenvalue weighted by Crippen LogP contribution is -2.21. The Bertz CT molecular complexity index is 508. The first-order valence-corrected chi connectivity index (χ1v) is 7.18. The maximum absolute atomic E-state index is 11.6. The normalized spacial score (nSPS) is 13.2. The van der Waals surface area contributed by atoms with Gasteiger partial charge in [-0.15, -0.1) is 0 Å². The Labute approximate surface area is 124 Å². The molecule has 0 atom stereocenters. The highest BCUT2D eigenvalue weighted by Gasteiger charge is 2.17. The molecule has 1 amide bonds. The molecule has 0 spiro atoms. The monoisotopic (exact) mass is 291 g/mol. The highest BCUT2D eigenvalue weighted by Crippen LogP contribution is 2.40. The summed E-state index contributed by atoms with van der Waals surface area (Å²) in [6.07, 6.45) is 5.29. The summed E-state index contributed by atoms with van der Waals surface area (Å²) in [6.45, 7) is 3.81. The lowest BCUT2D eigenvalue weighted by Gasteiger charge is -2.20. The smallest absolute Gasteiger partial charge is 0.243 e. The van der Waals surface area contributed by atoms with Crippen LogP contribution in [0.1, 0.15) is 25.3 Å². The molecular formula is C16H21NO4. The SMILES string of the molecule is CCCCNC(=O)C=Cc1cc(OC)c2c(c1)OCCO2. The first-order chi connectivity index (χ1) is 10.2. The van der Waals surface area contributed by atoms with E-state index in [0.717, 1.165) is 18.4 Å². The second kappa shape index (κ2) is 7.57. The van der Waals surface area contributed by atoms with Crippen LogP contribution >= 0.6 is 0 Å². The van der Waals surface area contributed by atoms with Crippen LogP contribution in [0.5, 0.6) is 17.2 Å². The average Bonchev–Trinajstić information content (AvgIpc) is 2.52. The fourth-order valence-corrected chi connectivity index (χ4v) is 2.01. The van der Waals surface area contributed by atoms with Gasteiger partial charge in [-0.1, -0.05) is 13.3 Å². The molecule has 0 unspecified atom stereocenters. The van der Waals surface area contributed by atoms with Crippen molar-refractivity contribution in [2.45, 2.75) is 19.8 Å². The minimum Gasteiger partial charge on any atom is -0.493 e. The third kappa shape index (κ3) is 4.15. The van der Waals surface area contributed by atoms with Crippen molar-refractivity contribution in [3.8, 4) is 17.2 Å². The number of fused-ring (bicyclic) bond motifs is 1. The van der Waals surface area contributed by atoms with E-state index in [1.807, 2.05) is 12.1 Å². The largest absolute Gasteiger partial charge is 0.493 e. The van der Waals surface area contributed by atoms with E-state index in [4.69, 9.17) is 14.2 Å². The van der Waals surface area contributed by atoms with Gasteiger partial charge in [-0.2, -0.15) is 0 Å². The molecule has 1 aromatic carbocycles. The molecule has 0 fully saturated rings. The minimum absolute atomic E-state index is 0.0997. The Balaban J connectivity index is 2.08. The van der Waals surface area contributed by atoms with Gasteiger partial charge in [-0.3, -0.25) is 4.79 Å². The topological polar surface area (TPSA) is 56.8 Å². The summed E-state index contributed by atoms with van der Waals surface area (Å²) in [7, 11) is 1.58. The molecule has 1 N–H and O–H groups in total. The van der Waals surface area contributed by atoms with Crippen molar-refractivity contribution in [3.63, 3.8) is 0 Å². The lowest BCUT2D eigenvalue weighted by atomic mass is 10.1. The van der Waals surface area contributed by atoms with Gasteiger partial charge in [0, 0.05) is 12.6 Å². The van der Waals surface area contributed by atoms with E-state index in [1.165, 1.54) is 6.08 Å². The van der Waals surface area contributed by atoms with E-state index in [1.54, 1.807) is 13.2 Å². The van der Waals surface area contributed by atoms with Crippen molar-refractivity contribution in [2.24, 2.45) is 0 Å². The number of carbonyl (C=O) groups is 1. The third-order valence-corrected chi connectivity index (χ3v) is 3.11. The molecule has 5 heteroatoms. The number of methoxy groups -OCH3 is 1. The summed E-state index contributed by atoms with van der Waals surface area (Å²) in [4.78, 5) is 11.6. The summed E-state index contributed by atoms with van der Waals surface area (Å²) in [5.41, 5.74) is 0.835. The van der Waals surface area contributed by atoms with Gasteiger partial charge >= 0.3 is 0 Å². The van der Waals surface area contributed by atoms with Crippen molar-refractivity contribution < 1.29 is 19.0 Å². The summed E-state index contributed by atoms with van der Waals surface area (Å²) in [5.74, 6) is 1.77. The Hall–Kier alpha value is -2.17. The Morgan fingerprint density at radius 2 is 2.19 bits per heavy atom. The standard InChI is InChI=1S/C16H21NO4/c1-3-4-7-17-15(18)6-5-12-10-13(19-2)16-14(11-12)20-8-9-21-16/h5-6,10-11H,3-4,7-9H2,1-2H3,(H,17,18). The quantitative estimate of drug-likeness (QED) is 0.646. The predicted octanol–water partition coefficient (Wildman–Crippen LogP) is 2.40. The number of rotatable bonds is 6. The van der Waals surface area contributed by atoms with E-state index in [-0.39, 0.29) is 5.91 Å². The Kier molecular flexibility index (Phi) is 5.49. The highest BCUT2D eigenvalue weighted by molar-refractivity contribution is 5.91. The van der Waals surface area contributed by atoms with Crippen LogP contribution in [0.3, 0.4) is 0 Å².